The van der Waals surface area contributed by atoms with Crippen LogP contribution in [0.15, 0.2) is 48.5 Å². The quantitative estimate of drug-likeness (QED) is 0.840. The number of benzene rings is 2. The number of nitrogens with zero attached hydrogens (tertiary/aromatic N) is 1. The first-order valence-electron chi connectivity index (χ1n) is 8.31. The van der Waals surface area contributed by atoms with Gasteiger partial charge in [-0.1, -0.05) is 36.4 Å². The summed E-state index contributed by atoms with van der Waals surface area (Å²) in [6.45, 7) is 2.81. The molecule has 1 unspecified atom stereocenters. The summed E-state index contributed by atoms with van der Waals surface area (Å²) >= 11 is 0. The van der Waals surface area contributed by atoms with Crippen molar-refractivity contribution < 1.29 is 14.3 Å². The molecule has 1 aliphatic heterocycles. The zero-order valence-corrected chi connectivity index (χ0v) is 14.2. The predicted octanol–water partition coefficient (Wildman–Crippen LogP) is 3.75. The van der Waals surface area contributed by atoms with Gasteiger partial charge in [0.25, 0.3) is 5.91 Å². The van der Waals surface area contributed by atoms with Crippen LogP contribution in [0.4, 0.5) is 0 Å². The highest BCUT2D eigenvalue weighted by atomic mass is 16.5. The highest BCUT2D eigenvalue weighted by molar-refractivity contribution is 5.78. The second kappa shape index (κ2) is 7.39. The van der Waals surface area contributed by atoms with Gasteiger partial charge in [0, 0.05) is 6.54 Å². The molecule has 1 heterocycles. The van der Waals surface area contributed by atoms with Crippen molar-refractivity contribution in [3.63, 3.8) is 0 Å². The maximum atomic E-state index is 12.6. The number of carbonyl (C=O) groups excluding carboxylic acids is 1. The smallest absolute Gasteiger partial charge is 0.261 e. The number of hydrogen-bond acceptors (Lipinski definition) is 3. The molecule has 3 rings (SSSR count). The van der Waals surface area contributed by atoms with E-state index >= 15 is 0 Å². The molecule has 0 saturated carbocycles. The highest BCUT2D eigenvalue weighted by Gasteiger charge is 2.30. The van der Waals surface area contributed by atoms with Gasteiger partial charge >= 0.3 is 0 Å². The van der Waals surface area contributed by atoms with Gasteiger partial charge in [0.1, 0.15) is 0 Å². The van der Waals surface area contributed by atoms with E-state index in [4.69, 9.17) is 9.47 Å². The van der Waals surface area contributed by atoms with E-state index in [0.29, 0.717) is 11.5 Å². The predicted molar refractivity (Wildman–Crippen MR) is 93.4 cm³/mol. The van der Waals surface area contributed by atoms with Gasteiger partial charge in [0.15, 0.2) is 18.1 Å². The number of ether oxygens (including phenoxy) is 2. The van der Waals surface area contributed by atoms with Crippen LogP contribution in [0.3, 0.4) is 0 Å². The fourth-order valence-corrected chi connectivity index (χ4v) is 3.20. The maximum absolute atomic E-state index is 12.6. The average Bonchev–Trinajstić information content (AvgIpc) is 3.11. The van der Waals surface area contributed by atoms with Crippen LogP contribution in [0.5, 0.6) is 11.5 Å². The first-order chi connectivity index (χ1) is 11.7. The van der Waals surface area contributed by atoms with Crippen molar-refractivity contribution in [3.8, 4) is 11.5 Å². The summed E-state index contributed by atoms with van der Waals surface area (Å²) in [7, 11) is 1.61. The lowest BCUT2D eigenvalue weighted by Crippen LogP contribution is -2.34. The van der Waals surface area contributed by atoms with Crippen LogP contribution in [-0.4, -0.2) is 31.1 Å². The van der Waals surface area contributed by atoms with Crippen LogP contribution in [0.2, 0.25) is 0 Å². The van der Waals surface area contributed by atoms with Crippen LogP contribution in [-0.2, 0) is 4.79 Å². The third-order valence-electron chi connectivity index (χ3n) is 4.43. The molecule has 1 saturated heterocycles. The van der Waals surface area contributed by atoms with E-state index in [1.165, 1.54) is 5.56 Å². The minimum Gasteiger partial charge on any atom is -0.493 e. The molecule has 24 heavy (non-hydrogen) atoms. The molecule has 4 nitrogen and oxygen atoms in total. The van der Waals surface area contributed by atoms with Gasteiger partial charge in [-0.3, -0.25) is 4.79 Å². The molecule has 0 N–H and O–H groups in total. The Morgan fingerprint density at radius 3 is 2.71 bits per heavy atom. The van der Waals surface area contributed by atoms with Gasteiger partial charge in [-0.15, -0.1) is 0 Å². The molecule has 4 heteroatoms. The molecule has 1 atom stereocenters. The summed E-state index contributed by atoms with van der Waals surface area (Å²) in [6, 6.07) is 16.1. The van der Waals surface area contributed by atoms with E-state index in [9.17, 15) is 4.79 Å². The molecule has 1 fully saturated rings. The van der Waals surface area contributed by atoms with Crippen molar-refractivity contribution in [2.75, 3.05) is 20.3 Å². The average molecular weight is 325 g/mol. The van der Waals surface area contributed by atoms with Crippen LogP contribution in [0, 0.1) is 6.92 Å². The number of amides is 1. The van der Waals surface area contributed by atoms with Crippen LogP contribution in [0.1, 0.15) is 30.0 Å². The topological polar surface area (TPSA) is 38.8 Å². The van der Waals surface area contributed by atoms with Gasteiger partial charge in [0.2, 0.25) is 0 Å². The monoisotopic (exact) mass is 325 g/mol. The minimum atomic E-state index is 0.0176. The van der Waals surface area contributed by atoms with Crippen molar-refractivity contribution >= 4 is 5.91 Å². The Kier molecular flexibility index (Phi) is 5.04. The van der Waals surface area contributed by atoms with Gasteiger partial charge in [-0.25, -0.2) is 0 Å². The summed E-state index contributed by atoms with van der Waals surface area (Å²) in [5.74, 6) is 1.28. The van der Waals surface area contributed by atoms with Crippen molar-refractivity contribution in [2.45, 2.75) is 25.8 Å². The molecule has 0 bridgehead atoms. The summed E-state index contributed by atoms with van der Waals surface area (Å²) in [6.07, 6.45) is 2.03. The second-order valence-corrected chi connectivity index (χ2v) is 6.10. The SMILES string of the molecule is COc1cc(C)ccc1OCC(=O)N1CCCC1c1ccccc1. The zero-order valence-electron chi connectivity index (χ0n) is 14.2. The number of rotatable bonds is 5. The Morgan fingerprint density at radius 2 is 1.96 bits per heavy atom. The normalized spacial score (nSPS) is 16.9. The molecule has 0 spiro atoms. The maximum Gasteiger partial charge on any atom is 0.261 e. The number of methoxy groups -OCH3 is 1. The fourth-order valence-electron chi connectivity index (χ4n) is 3.20. The number of carbonyl (C=O) groups is 1. The Bertz CT molecular complexity index is 699. The summed E-state index contributed by atoms with van der Waals surface area (Å²) < 4.78 is 11.0. The molecule has 0 aromatic heterocycles. The van der Waals surface area contributed by atoms with Gasteiger partial charge in [-0.05, 0) is 43.0 Å². The third-order valence-corrected chi connectivity index (χ3v) is 4.43. The molecule has 2 aromatic carbocycles. The minimum absolute atomic E-state index is 0.0176. The molecule has 2 aromatic rings. The molecular weight excluding hydrogens is 302 g/mol. The fraction of sp³-hybridized carbons (Fsp3) is 0.350. The number of hydrogen-bond donors (Lipinski definition) is 0. The van der Waals surface area contributed by atoms with Crippen LogP contribution in [0.25, 0.3) is 0 Å². The summed E-state index contributed by atoms with van der Waals surface area (Å²) in [5, 5.41) is 0. The van der Waals surface area contributed by atoms with Gasteiger partial charge in [0.05, 0.1) is 13.2 Å². The lowest BCUT2D eigenvalue weighted by molar-refractivity contribution is -0.134. The second-order valence-electron chi connectivity index (χ2n) is 6.10. The standard InChI is InChI=1S/C20H23NO3/c1-15-10-11-18(19(13-15)23-2)24-14-20(22)21-12-6-9-17(21)16-7-4-3-5-8-16/h3-5,7-8,10-11,13,17H,6,9,12,14H2,1-2H3. The first-order valence-corrected chi connectivity index (χ1v) is 8.31. The molecular formula is C20H23NO3. The molecule has 1 amide bonds. The number of aryl methyl sites for hydroxylation is 1. The van der Waals surface area contributed by atoms with E-state index in [1.807, 2.05) is 48.2 Å². The van der Waals surface area contributed by atoms with E-state index < -0.39 is 0 Å². The molecule has 0 radical (unpaired) electrons. The van der Waals surface area contributed by atoms with Crippen LogP contribution >= 0.6 is 0 Å². The number of likely N-dealkylation sites (tertiary alicyclic amines) is 1. The molecule has 1 aliphatic rings. The zero-order chi connectivity index (χ0) is 16.9. The highest BCUT2D eigenvalue weighted by Crippen LogP contribution is 2.32. The Hall–Kier alpha value is -2.49. The van der Waals surface area contributed by atoms with Crippen molar-refractivity contribution in [3.05, 3.63) is 59.7 Å². The van der Waals surface area contributed by atoms with Crippen molar-refractivity contribution in [1.82, 2.24) is 4.90 Å². The molecule has 0 aliphatic carbocycles. The van der Waals surface area contributed by atoms with Gasteiger partial charge in [-0.2, -0.15) is 0 Å². The van der Waals surface area contributed by atoms with E-state index in [-0.39, 0.29) is 18.6 Å². The Balaban J connectivity index is 1.67. The Labute approximate surface area is 143 Å². The summed E-state index contributed by atoms with van der Waals surface area (Å²) in [5.41, 5.74) is 2.28. The van der Waals surface area contributed by atoms with E-state index in [2.05, 4.69) is 12.1 Å². The molecule has 126 valence electrons. The largest absolute Gasteiger partial charge is 0.493 e. The lowest BCUT2D eigenvalue weighted by Gasteiger charge is -2.25. The first kappa shape index (κ1) is 16.4. The lowest BCUT2D eigenvalue weighted by atomic mass is 10.0. The summed E-state index contributed by atoms with van der Waals surface area (Å²) in [4.78, 5) is 14.6. The van der Waals surface area contributed by atoms with E-state index in [0.717, 1.165) is 24.9 Å². The van der Waals surface area contributed by atoms with Crippen molar-refractivity contribution in [2.24, 2.45) is 0 Å². The third kappa shape index (κ3) is 3.53. The van der Waals surface area contributed by atoms with Gasteiger partial charge < -0.3 is 14.4 Å². The van der Waals surface area contributed by atoms with Crippen molar-refractivity contribution in [1.29, 1.82) is 0 Å². The van der Waals surface area contributed by atoms with Crippen LogP contribution < -0.4 is 9.47 Å². The van der Waals surface area contributed by atoms with E-state index in [1.54, 1.807) is 7.11 Å². The Morgan fingerprint density at radius 1 is 1.17 bits per heavy atom.